The van der Waals surface area contributed by atoms with Crippen LogP contribution in [-0.4, -0.2) is 16.3 Å². The zero-order valence-corrected chi connectivity index (χ0v) is 10.5. The summed E-state index contributed by atoms with van der Waals surface area (Å²) in [5.74, 6) is 0.761. The van der Waals surface area contributed by atoms with Gasteiger partial charge in [0.05, 0.1) is 11.2 Å². The molecule has 3 nitrogen and oxygen atoms in total. The zero-order valence-electron chi connectivity index (χ0n) is 10.5. The molecule has 1 saturated carbocycles. The molecule has 1 aromatic heterocycles. The zero-order chi connectivity index (χ0) is 11.3. The van der Waals surface area contributed by atoms with Crippen molar-refractivity contribution in [3.05, 3.63) is 17.0 Å². The number of rotatable bonds is 1. The third kappa shape index (κ3) is 1.58. The van der Waals surface area contributed by atoms with Gasteiger partial charge in [0.15, 0.2) is 0 Å². The molecule has 0 spiro atoms. The van der Waals surface area contributed by atoms with Gasteiger partial charge < -0.3 is 5.32 Å². The Morgan fingerprint density at radius 2 is 2.06 bits per heavy atom. The van der Waals surface area contributed by atoms with E-state index < -0.39 is 0 Å². The standard InChI is InChI=1S/C13H21N3/c1-13(2,3)16-11-6-7-14-8-10(11)12(15-16)9-4-5-9/h9,14H,4-8H2,1-3H3. The fourth-order valence-electron chi connectivity index (χ4n) is 2.61. The number of hydrogen-bond donors (Lipinski definition) is 1. The van der Waals surface area contributed by atoms with Crippen LogP contribution in [0.25, 0.3) is 0 Å². The highest BCUT2D eigenvalue weighted by Gasteiger charge is 2.34. The Morgan fingerprint density at radius 3 is 2.69 bits per heavy atom. The molecule has 1 aliphatic heterocycles. The van der Waals surface area contributed by atoms with Crippen LogP contribution in [0.2, 0.25) is 0 Å². The van der Waals surface area contributed by atoms with E-state index in [0.717, 1.165) is 25.4 Å². The van der Waals surface area contributed by atoms with E-state index in [2.05, 4.69) is 30.8 Å². The minimum absolute atomic E-state index is 0.120. The lowest BCUT2D eigenvalue weighted by Crippen LogP contribution is -2.30. The van der Waals surface area contributed by atoms with Crippen LogP contribution in [0.1, 0.15) is 56.5 Å². The number of aromatic nitrogens is 2. The smallest absolute Gasteiger partial charge is 0.0703 e. The van der Waals surface area contributed by atoms with Gasteiger partial charge in [-0.1, -0.05) is 0 Å². The molecule has 1 fully saturated rings. The van der Waals surface area contributed by atoms with Crippen LogP contribution in [0, 0.1) is 0 Å². The van der Waals surface area contributed by atoms with Crippen molar-refractivity contribution in [2.45, 2.75) is 58.0 Å². The highest BCUT2D eigenvalue weighted by Crippen LogP contribution is 2.42. The molecule has 2 heterocycles. The Hall–Kier alpha value is -0.830. The normalized spacial score (nSPS) is 20.9. The molecule has 3 heteroatoms. The lowest BCUT2D eigenvalue weighted by molar-refractivity contribution is 0.338. The van der Waals surface area contributed by atoms with Gasteiger partial charge in [-0.25, -0.2) is 0 Å². The van der Waals surface area contributed by atoms with E-state index in [-0.39, 0.29) is 5.54 Å². The average Bonchev–Trinajstić information content (AvgIpc) is 2.97. The van der Waals surface area contributed by atoms with Crippen molar-refractivity contribution in [2.75, 3.05) is 6.54 Å². The highest BCUT2D eigenvalue weighted by atomic mass is 15.3. The molecule has 0 radical (unpaired) electrons. The van der Waals surface area contributed by atoms with Crippen molar-refractivity contribution in [3.8, 4) is 0 Å². The van der Waals surface area contributed by atoms with Crippen LogP contribution >= 0.6 is 0 Å². The van der Waals surface area contributed by atoms with E-state index in [0.29, 0.717) is 0 Å². The summed E-state index contributed by atoms with van der Waals surface area (Å²) in [6, 6.07) is 0. The first-order chi connectivity index (χ1) is 7.57. The van der Waals surface area contributed by atoms with Crippen LogP contribution < -0.4 is 5.32 Å². The molecule has 2 aliphatic rings. The number of fused-ring (bicyclic) bond motifs is 1. The molecule has 16 heavy (non-hydrogen) atoms. The van der Waals surface area contributed by atoms with Gasteiger partial charge in [-0.15, -0.1) is 0 Å². The first-order valence-electron chi connectivity index (χ1n) is 6.39. The maximum absolute atomic E-state index is 4.90. The lowest BCUT2D eigenvalue weighted by Gasteiger charge is -2.24. The minimum atomic E-state index is 0.120. The summed E-state index contributed by atoms with van der Waals surface area (Å²) in [6.07, 6.45) is 3.81. The lowest BCUT2D eigenvalue weighted by atomic mass is 10.0. The predicted molar refractivity (Wildman–Crippen MR) is 64.6 cm³/mol. The Balaban J connectivity index is 2.11. The molecule has 1 aliphatic carbocycles. The maximum atomic E-state index is 4.90. The molecule has 0 amide bonds. The largest absolute Gasteiger partial charge is 0.312 e. The predicted octanol–water partition coefficient (Wildman–Crippen LogP) is 2.16. The van der Waals surface area contributed by atoms with Crippen LogP contribution in [0.3, 0.4) is 0 Å². The molecule has 0 aromatic carbocycles. The Bertz CT molecular complexity index is 408. The van der Waals surface area contributed by atoms with E-state index in [1.807, 2.05) is 0 Å². The van der Waals surface area contributed by atoms with E-state index in [4.69, 9.17) is 5.10 Å². The van der Waals surface area contributed by atoms with Crippen molar-refractivity contribution in [1.82, 2.24) is 15.1 Å². The van der Waals surface area contributed by atoms with Crippen molar-refractivity contribution >= 4 is 0 Å². The van der Waals surface area contributed by atoms with Crippen LogP contribution in [0.4, 0.5) is 0 Å². The monoisotopic (exact) mass is 219 g/mol. The summed E-state index contributed by atoms with van der Waals surface area (Å²) >= 11 is 0. The Kier molecular flexibility index (Phi) is 2.15. The fourth-order valence-corrected chi connectivity index (χ4v) is 2.61. The third-order valence-corrected chi connectivity index (χ3v) is 3.56. The van der Waals surface area contributed by atoms with Gasteiger partial charge in [-0.3, -0.25) is 4.68 Å². The molecule has 88 valence electrons. The summed E-state index contributed by atoms with van der Waals surface area (Å²) in [4.78, 5) is 0. The quantitative estimate of drug-likeness (QED) is 0.784. The number of nitrogens with zero attached hydrogens (tertiary/aromatic N) is 2. The highest BCUT2D eigenvalue weighted by molar-refractivity contribution is 5.34. The molecule has 0 bridgehead atoms. The molecule has 0 unspecified atom stereocenters. The molecule has 3 rings (SSSR count). The van der Waals surface area contributed by atoms with Crippen molar-refractivity contribution in [1.29, 1.82) is 0 Å². The van der Waals surface area contributed by atoms with Crippen LogP contribution in [0.15, 0.2) is 0 Å². The van der Waals surface area contributed by atoms with E-state index >= 15 is 0 Å². The summed E-state index contributed by atoms with van der Waals surface area (Å²) < 4.78 is 2.27. The van der Waals surface area contributed by atoms with Gasteiger partial charge in [0.1, 0.15) is 0 Å². The first kappa shape index (κ1) is 10.3. The van der Waals surface area contributed by atoms with E-state index in [1.165, 1.54) is 29.8 Å². The number of hydrogen-bond acceptors (Lipinski definition) is 2. The van der Waals surface area contributed by atoms with E-state index in [1.54, 1.807) is 0 Å². The van der Waals surface area contributed by atoms with Crippen molar-refractivity contribution < 1.29 is 0 Å². The molecule has 0 atom stereocenters. The average molecular weight is 219 g/mol. The van der Waals surface area contributed by atoms with Gasteiger partial charge in [0, 0.05) is 36.7 Å². The minimum Gasteiger partial charge on any atom is -0.312 e. The van der Waals surface area contributed by atoms with Gasteiger partial charge in [0.25, 0.3) is 0 Å². The fraction of sp³-hybridized carbons (Fsp3) is 0.769. The SMILES string of the molecule is CC(C)(C)n1nc(C2CC2)c2c1CCNC2. The summed E-state index contributed by atoms with van der Waals surface area (Å²) in [5.41, 5.74) is 4.49. The molecule has 1 aromatic rings. The number of nitrogens with one attached hydrogen (secondary N) is 1. The summed E-state index contributed by atoms with van der Waals surface area (Å²) in [6.45, 7) is 8.87. The van der Waals surface area contributed by atoms with Gasteiger partial charge in [-0.2, -0.15) is 5.10 Å². The third-order valence-electron chi connectivity index (χ3n) is 3.56. The van der Waals surface area contributed by atoms with Crippen molar-refractivity contribution in [3.63, 3.8) is 0 Å². The molecule has 1 N–H and O–H groups in total. The van der Waals surface area contributed by atoms with Gasteiger partial charge in [-0.05, 0) is 33.6 Å². The topological polar surface area (TPSA) is 29.9 Å². The second-order valence-corrected chi connectivity index (χ2v) is 6.09. The van der Waals surface area contributed by atoms with Crippen molar-refractivity contribution in [2.24, 2.45) is 0 Å². The molecule has 0 saturated heterocycles. The second-order valence-electron chi connectivity index (χ2n) is 6.09. The van der Waals surface area contributed by atoms with Crippen LogP contribution in [0.5, 0.6) is 0 Å². The summed E-state index contributed by atoms with van der Waals surface area (Å²) in [5, 5.41) is 8.38. The maximum Gasteiger partial charge on any atom is 0.0703 e. The van der Waals surface area contributed by atoms with E-state index in [9.17, 15) is 0 Å². The van der Waals surface area contributed by atoms with Gasteiger partial charge >= 0.3 is 0 Å². The Labute approximate surface area is 97.2 Å². The first-order valence-corrected chi connectivity index (χ1v) is 6.39. The molecular formula is C13H21N3. The Morgan fingerprint density at radius 1 is 1.31 bits per heavy atom. The van der Waals surface area contributed by atoms with Crippen LogP contribution in [-0.2, 0) is 18.5 Å². The summed E-state index contributed by atoms with van der Waals surface area (Å²) in [7, 11) is 0. The molecular weight excluding hydrogens is 198 g/mol. The second kappa shape index (κ2) is 3.33. The van der Waals surface area contributed by atoms with Gasteiger partial charge in [0.2, 0.25) is 0 Å².